The topological polar surface area (TPSA) is 36.4 Å². The van der Waals surface area contributed by atoms with Crippen LogP contribution in [0.1, 0.15) is 18.4 Å². The number of pyridine rings is 1. The molecule has 1 aliphatic carbocycles. The molecule has 1 heterocycles. The van der Waals surface area contributed by atoms with Crippen LogP contribution in [0.5, 0.6) is 0 Å². The van der Waals surface area contributed by atoms with Crippen LogP contribution in [0.15, 0.2) is 12.3 Å². The second-order valence-electron chi connectivity index (χ2n) is 4.32. The minimum Gasteiger partial charge on any atom is -0.392 e. The molecule has 1 aromatic heterocycles. The van der Waals surface area contributed by atoms with Gasteiger partial charge in [0.15, 0.2) is 0 Å². The van der Waals surface area contributed by atoms with Crippen molar-refractivity contribution in [1.29, 1.82) is 0 Å². The second-order valence-corrected chi connectivity index (χ2v) is 4.73. The van der Waals surface area contributed by atoms with Gasteiger partial charge in [-0.1, -0.05) is 17.5 Å². The molecule has 0 spiro atoms. The van der Waals surface area contributed by atoms with E-state index in [-0.39, 0.29) is 6.61 Å². The molecule has 1 saturated carbocycles. The molecular formula is C13H15ClN2O. The van der Waals surface area contributed by atoms with Crippen molar-refractivity contribution >= 4 is 17.4 Å². The number of hydrogen-bond donors (Lipinski definition) is 1. The number of terminal acetylenes is 1. The van der Waals surface area contributed by atoms with E-state index < -0.39 is 0 Å². The summed E-state index contributed by atoms with van der Waals surface area (Å²) >= 11 is 5.91. The van der Waals surface area contributed by atoms with Gasteiger partial charge in [-0.2, -0.15) is 0 Å². The highest BCUT2D eigenvalue weighted by molar-refractivity contribution is 6.31. The number of anilines is 1. The third kappa shape index (κ3) is 3.12. The minimum absolute atomic E-state index is 0.0817. The molecule has 0 aromatic carbocycles. The Morgan fingerprint density at radius 1 is 1.59 bits per heavy atom. The third-order valence-electron chi connectivity index (χ3n) is 2.87. The predicted molar refractivity (Wildman–Crippen MR) is 68.9 cm³/mol. The van der Waals surface area contributed by atoms with Gasteiger partial charge >= 0.3 is 0 Å². The quantitative estimate of drug-likeness (QED) is 0.813. The van der Waals surface area contributed by atoms with Crippen LogP contribution in [0.2, 0.25) is 5.02 Å². The smallest absolute Gasteiger partial charge is 0.129 e. The van der Waals surface area contributed by atoms with Crippen molar-refractivity contribution in [3.05, 3.63) is 22.8 Å². The van der Waals surface area contributed by atoms with Crippen molar-refractivity contribution in [2.75, 3.05) is 18.0 Å². The van der Waals surface area contributed by atoms with E-state index >= 15 is 0 Å². The molecule has 17 heavy (non-hydrogen) atoms. The fourth-order valence-electron chi connectivity index (χ4n) is 1.72. The van der Waals surface area contributed by atoms with Crippen molar-refractivity contribution in [3.8, 4) is 12.3 Å². The maximum absolute atomic E-state index is 9.18. The van der Waals surface area contributed by atoms with Gasteiger partial charge in [0, 0.05) is 18.3 Å². The highest BCUT2D eigenvalue weighted by Crippen LogP contribution is 2.31. The summed E-state index contributed by atoms with van der Waals surface area (Å²) in [4.78, 5) is 6.34. The van der Waals surface area contributed by atoms with Crippen LogP contribution >= 0.6 is 11.6 Å². The summed E-state index contributed by atoms with van der Waals surface area (Å²) in [6.07, 6.45) is 9.47. The van der Waals surface area contributed by atoms with Crippen LogP contribution in [0.25, 0.3) is 0 Å². The second kappa shape index (κ2) is 5.39. The van der Waals surface area contributed by atoms with Crippen LogP contribution < -0.4 is 4.90 Å². The Hall–Kier alpha value is -1.24. The highest BCUT2D eigenvalue weighted by atomic mass is 35.5. The molecule has 0 saturated heterocycles. The zero-order chi connectivity index (χ0) is 12.3. The summed E-state index contributed by atoms with van der Waals surface area (Å²) in [6.45, 7) is 1.39. The summed E-state index contributed by atoms with van der Waals surface area (Å²) in [5.41, 5.74) is 0.689. The summed E-state index contributed by atoms with van der Waals surface area (Å²) < 4.78 is 0. The Morgan fingerprint density at radius 2 is 2.35 bits per heavy atom. The van der Waals surface area contributed by atoms with Gasteiger partial charge in [-0.05, 0) is 24.8 Å². The van der Waals surface area contributed by atoms with Crippen molar-refractivity contribution in [2.45, 2.75) is 19.4 Å². The van der Waals surface area contributed by atoms with Gasteiger partial charge in [0.2, 0.25) is 0 Å². The van der Waals surface area contributed by atoms with Crippen LogP contribution in [0.3, 0.4) is 0 Å². The van der Waals surface area contributed by atoms with Crippen molar-refractivity contribution in [2.24, 2.45) is 5.92 Å². The summed E-state index contributed by atoms with van der Waals surface area (Å²) in [5.74, 6) is 4.17. The van der Waals surface area contributed by atoms with Gasteiger partial charge < -0.3 is 10.0 Å². The van der Waals surface area contributed by atoms with E-state index in [0.717, 1.165) is 18.3 Å². The SMILES string of the molecule is C#CCN(CC1CC1)c1cc(CO)c(Cl)cn1. The van der Waals surface area contributed by atoms with Gasteiger partial charge in [0.25, 0.3) is 0 Å². The lowest BCUT2D eigenvalue weighted by Crippen LogP contribution is -2.27. The zero-order valence-electron chi connectivity index (χ0n) is 9.56. The Bertz CT molecular complexity index is 438. The summed E-state index contributed by atoms with van der Waals surface area (Å²) in [6, 6.07) is 1.81. The first kappa shape index (κ1) is 12.2. The Morgan fingerprint density at radius 3 is 2.94 bits per heavy atom. The van der Waals surface area contributed by atoms with E-state index in [1.54, 1.807) is 6.20 Å². The third-order valence-corrected chi connectivity index (χ3v) is 3.21. The highest BCUT2D eigenvalue weighted by Gasteiger charge is 2.24. The molecule has 0 atom stereocenters. The molecule has 0 radical (unpaired) electrons. The van der Waals surface area contributed by atoms with Crippen molar-refractivity contribution in [1.82, 2.24) is 4.98 Å². The van der Waals surface area contributed by atoms with Crippen LogP contribution in [-0.4, -0.2) is 23.2 Å². The first-order valence-electron chi connectivity index (χ1n) is 5.68. The molecule has 1 aromatic rings. The molecule has 90 valence electrons. The molecule has 0 bridgehead atoms. The lowest BCUT2D eigenvalue weighted by molar-refractivity contribution is 0.282. The molecule has 1 fully saturated rings. The first-order valence-corrected chi connectivity index (χ1v) is 6.06. The van der Waals surface area contributed by atoms with E-state index in [1.807, 2.05) is 6.07 Å². The number of hydrogen-bond acceptors (Lipinski definition) is 3. The van der Waals surface area contributed by atoms with Crippen LogP contribution in [0, 0.1) is 18.3 Å². The lowest BCUT2D eigenvalue weighted by atomic mass is 10.2. The van der Waals surface area contributed by atoms with E-state index in [4.69, 9.17) is 18.0 Å². The number of halogens is 1. The van der Waals surface area contributed by atoms with Gasteiger partial charge in [0.05, 0.1) is 18.2 Å². The average Bonchev–Trinajstić information content (AvgIpc) is 3.13. The first-order chi connectivity index (χ1) is 8.24. The molecule has 0 unspecified atom stereocenters. The maximum Gasteiger partial charge on any atom is 0.129 e. The standard InChI is InChI=1S/C13H15ClN2O/c1-2-5-16(8-10-3-4-10)13-6-11(9-17)12(14)7-15-13/h1,6-7,10,17H,3-5,8-9H2. The number of aliphatic hydroxyl groups is 1. The van der Waals surface area contributed by atoms with E-state index in [1.165, 1.54) is 12.8 Å². The Labute approximate surface area is 106 Å². The summed E-state index contributed by atoms with van der Waals surface area (Å²) in [5, 5.41) is 9.67. The number of rotatable bonds is 5. The lowest BCUT2D eigenvalue weighted by Gasteiger charge is -2.21. The summed E-state index contributed by atoms with van der Waals surface area (Å²) in [7, 11) is 0. The van der Waals surface area contributed by atoms with E-state index in [0.29, 0.717) is 17.1 Å². The maximum atomic E-state index is 9.18. The Kier molecular flexibility index (Phi) is 3.88. The van der Waals surface area contributed by atoms with Gasteiger partial charge in [-0.3, -0.25) is 0 Å². The molecule has 0 aliphatic heterocycles. The minimum atomic E-state index is -0.0817. The van der Waals surface area contributed by atoms with Crippen LogP contribution in [0.4, 0.5) is 5.82 Å². The fraction of sp³-hybridized carbons (Fsp3) is 0.462. The van der Waals surface area contributed by atoms with Gasteiger partial charge in [0.1, 0.15) is 5.82 Å². The van der Waals surface area contributed by atoms with Crippen molar-refractivity contribution in [3.63, 3.8) is 0 Å². The molecule has 3 nitrogen and oxygen atoms in total. The molecule has 0 amide bonds. The van der Waals surface area contributed by atoms with Gasteiger partial charge in [-0.15, -0.1) is 6.42 Å². The van der Waals surface area contributed by atoms with Crippen LogP contribution in [-0.2, 0) is 6.61 Å². The molecule has 1 N–H and O–H groups in total. The monoisotopic (exact) mass is 250 g/mol. The largest absolute Gasteiger partial charge is 0.392 e. The molecule has 2 rings (SSSR count). The molecular weight excluding hydrogens is 236 g/mol. The number of aromatic nitrogens is 1. The normalized spacial score (nSPS) is 14.4. The Balaban J connectivity index is 2.18. The fourth-order valence-corrected chi connectivity index (χ4v) is 1.89. The zero-order valence-corrected chi connectivity index (χ0v) is 10.3. The number of nitrogens with zero attached hydrogens (tertiary/aromatic N) is 2. The van der Waals surface area contributed by atoms with E-state index in [9.17, 15) is 5.11 Å². The van der Waals surface area contributed by atoms with E-state index in [2.05, 4.69) is 15.8 Å². The average molecular weight is 251 g/mol. The molecule has 1 aliphatic rings. The predicted octanol–water partition coefficient (Wildman–Crippen LogP) is 2.08. The molecule has 4 heteroatoms. The number of aliphatic hydroxyl groups excluding tert-OH is 1. The van der Waals surface area contributed by atoms with Crippen molar-refractivity contribution < 1.29 is 5.11 Å². The van der Waals surface area contributed by atoms with Gasteiger partial charge in [-0.25, -0.2) is 4.98 Å².